The average molecular weight is 378 g/mol. The fourth-order valence-electron chi connectivity index (χ4n) is 2.20. The molecular weight excluding hydrogens is 360 g/mol. The van der Waals surface area contributed by atoms with Gasteiger partial charge in [0.2, 0.25) is 11.6 Å². The maximum Gasteiger partial charge on any atom is 0.337 e. The van der Waals surface area contributed by atoms with Crippen molar-refractivity contribution >= 4 is 35.7 Å². The third-order valence-electron chi connectivity index (χ3n) is 3.76. The van der Waals surface area contributed by atoms with Gasteiger partial charge in [-0.25, -0.2) is 9.59 Å². The molecule has 0 bridgehead atoms. The summed E-state index contributed by atoms with van der Waals surface area (Å²) in [5, 5.41) is 0. The quantitative estimate of drug-likeness (QED) is 0.418. The van der Waals surface area contributed by atoms with E-state index in [4.69, 9.17) is 0 Å². The predicted molar refractivity (Wildman–Crippen MR) is 104 cm³/mol. The van der Waals surface area contributed by atoms with Crippen molar-refractivity contribution < 1.29 is 28.7 Å². The first kappa shape index (κ1) is 20.5. The molecule has 0 fully saturated rings. The molecule has 0 aliphatic rings. The zero-order valence-electron chi connectivity index (χ0n) is 15.4. The van der Waals surface area contributed by atoms with E-state index in [1.807, 2.05) is 0 Å². The lowest BCUT2D eigenvalue weighted by Crippen LogP contribution is -2.06. The Balaban J connectivity index is 1.97. The second-order valence-electron chi connectivity index (χ2n) is 5.62. The summed E-state index contributed by atoms with van der Waals surface area (Å²) in [5.41, 5.74) is 2.11. The highest BCUT2D eigenvalue weighted by atomic mass is 16.5. The Morgan fingerprint density at radius 2 is 0.929 bits per heavy atom. The molecule has 0 amide bonds. The number of hydrogen-bond acceptors (Lipinski definition) is 6. The SMILES string of the molecule is COC(=O)c1ccc(C=CC(=O)C(=O)C=Cc2ccc(C(=O)OC)cc2)cc1. The van der Waals surface area contributed by atoms with Crippen molar-refractivity contribution in [3.63, 3.8) is 0 Å². The Morgan fingerprint density at radius 1 is 0.607 bits per heavy atom. The van der Waals surface area contributed by atoms with E-state index in [0.29, 0.717) is 22.3 Å². The molecule has 0 N–H and O–H groups in total. The van der Waals surface area contributed by atoms with Gasteiger partial charge in [-0.1, -0.05) is 36.4 Å². The van der Waals surface area contributed by atoms with Crippen LogP contribution in [0.25, 0.3) is 12.2 Å². The first-order valence-electron chi connectivity index (χ1n) is 8.26. The van der Waals surface area contributed by atoms with Gasteiger partial charge in [0.25, 0.3) is 0 Å². The van der Waals surface area contributed by atoms with Crippen LogP contribution in [0, 0.1) is 0 Å². The van der Waals surface area contributed by atoms with Gasteiger partial charge in [-0.2, -0.15) is 0 Å². The topological polar surface area (TPSA) is 86.7 Å². The number of esters is 2. The van der Waals surface area contributed by atoms with Crippen LogP contribution in [0.15, 0.2) is 60.7 Å². The Bertz CT molecular complexity index is 854. The number of methoxy groups -OCH3 is 2. The highest BCUT2D eigenvalue weighted by Crippen LogP contribution is 2.09. The summed E-state index contributed by atoms with van der Waals surface area (Å²) in [7, 11) is 2.59. The summed E-state index contributed by atoms with van der Waals surface area (Å²) in [6.45, 7) is 0. The van der Waals surface area contributed by atoms with E-state index in [1.54, 1.807) is 48.5 Å². The zero-order valence-corrected chi connectivity index (χ0v) is 15.4. The monoisotopic (exact) mass is 378 g/mol. The van der Waals surface area contributed by atoms with Gasteiger partial charge in [0.15, 0.2) is 0 Å². The van der Waals surface area contributed by atoms with Crippen molar-refractivity contribution in [2.24, 2.45) is 0 Å². The molecule has 28 heavy (non-hydrogen) atoms. The molecule has 0 aliphatic heterocycles. The highest BCUT2D eigenvalue weighted by molar-refractivity contribution is 6.46. The number of hydrogen-bond donors (Lipinski definition) is 0. The zero-order chi connectivity index (χ0) is 20.5. The van der Waals surface area contributed by atoms with Gasteiger partial charge < -0.3 is 9.47 Å². The summed E-state index contributed by atoms with van der Waals surface area (Å²) in [6, 6.07) is 12.8. The number of allylic oxidation sites excluding steroid dienone is 2. The second-order valence-corrected chi connectivity index (χ2v) is 5.62. The fourth-order valence-corrected chi connectivity index (χ4v) is 2.20. The Morgan fingerprint density at radius 3 is 1.21 bits per heavy atom. The molecule has 0 radical (unpaired) electrons. The Hall–Kier alpha value is -3.80. The summed E-state index contributed by atoms with van der Waals surface area (Å²) in [5.74, 6) is -2.27. The maximum absolute atomic E-state index is 11.9. The molecule has 2 rings (SSSR count). The largest absolute Gasteiger partial charge is 0.465 e. The number of benzene rings is 2. The van der Waals surface area contributed by atoms with Crippen LogP contribution < -0.4 is 0 Å². The lowest BCUT2D eigenvalue weighted by molar-refractivity contribution is -0.130. The van der Waals surface area contributed by atoms with E-state index in [1.165, 1.54) is 38.5 Å². The first-order chi connectivity index (χ1) is 13.4. The molecule has 6 heteroatoms. The van der Waals surface area contributed by atoms with Gasteiger partial charge in [-0.05, 0) is 47.5 Å². The van der Waals surface area contributed by atoms with Crippen LogP contribution in [0.3, 0.4) is 0 Å². The van der Waals surface area contributed by atoms with Crippen LogP contribution in [0.4, 0.5) is 0 Å². The molecule has 6 nitrogen and oxygen atoms in total. The smallest absolute Gasteiger partial charge is 0.337 e. The molecule has 0 saturated carbocycles. The average Bonchev–Trinajstić information content (AvgIpc) is 2.75. The van der Waals surface area contributed by atoms with E-state index in [0.717, 1.165) is 0 Å². The second kappa shape index (κ2) is 9.78. The minimum atomic E-state index is -0.681. The van der Waals surface area contributed by atoms with Crippen LogP contribution in [0.1, 0.15) is 31.8 Å². The van der Waals surface area contributed by atoms with Gasteiger partial charge in [0, 0.05) is 0 Å². The third kappa shape index (κ3) is 5.60. The lowest BCUT2D eigenvalue weighted by atomic mass is 10.1. The summed E-state index contributed by atoms with van der Waals surface area (Å²) < 4.78 is 9.21. The predicted octanol–water partition coefficient (Wildman–Crippen LogP) is 3.12. The Labute approximate surface area is 162 Å². The van der Waals surface area contributed by atoms with Gasteiger partial charge in [-0.15, -0.1) is 0 Å². The summed E-state index contributed by atoms with van der Waals surface area (Å²) in [6.07, 6.45) is 5.31. The van der Waals surface area contributed by atoms with Gasteiger partial charge in [-0.3, -0.25) is 9.59 Å². The minimum Gasteiger partial charge on any atom is -0.465 e. The van der Waals surface area contributed by atoms with Gasteiger partial charge >= 0.3 is 11.9 Å². The van der Waals surface area contributed by atoms with Crippen molar-refractivity contribution in [2.75, 3.05) is 14.2 Å². The van der Waals surface area contributed by atoms with Crippen LogP contribution >= 0.6 is 0 Å². The van der Waals surface area contributed by atoms with Crippen molar-refractivity contribution in [3.05, 3.63) is 82.9 Å². The van der Waals surface area contributed by atoms with Crippen molar-refractivity contribution in [2.45, 2.75) is 0 Å². The van der Waals surface area contributed by atoms with E-state index < -0.39 is 23.5 Å². The molecule has 0 atom stereocenters. The highest BCUT2D eigenvalue weighted by Gasteiger charge is 2.07. The summed E-state index contributed by atoms with van der Waals surface area (Å²) in [4.78, 5) is 46.6. The maximum atomic E-state index is 11.9. The number of ketones is 2. The number of ether oxygens (including phenoxy) is 2. The van der Waals surface area contributed by atoms with Crippen LogP contribution in [0.2, 0.25) is 0 Å². The molecule has 142 valence electrons. The summed E-state index contributed by atoms with van der Waals surface area (Å²) >= 11 is 0. The molecule has 0 saturated heterocycles. The molecule has 2 aromatic carbocycles. The molecular formula is C22H18O6. The van der Waals surface area contributed by atoms with Gasteiger partial charge in [0.05, 0.1) is 25.3 Å². The fraction of sp³-hybridized carbons (Fsp3) is 0.0909. The standard InChI is InChI=1S/C22H18O6/c1-27-21(25)17-9-3-15(4-10-17)7-13-19(23)20(24)14-8-16-5-11-18(12-6-16)22(26)28-2/h3-14H,1-2H3. The van der Waals surface area contributed by atoms with E-state index >= 15 is 0 Å². The van der Waals surface area contributed by atoms with Crippen molar-refractivity contribution in [1.82, 2.24) is 0 Å². The molecule has 0 aromatic heterocycles. The van der Waals surface area contributed by atoms with Crippen molar-refractivity contribution in [3.8, 4) is 0 Å². The van der Waals surface area contributed by atoms with Crippen LogP contribution in [0.5, 0.6) is 0 Å². The molecule has 0 spiro atoms. The van der Waals surface area contributed by atoms with E-state index in [2.05, 4.69) is 9.47 Å². The van der Waals surface area contributed by atoms with Crippen molar-refractivity contribution in [1.29, 1.82) is 0 Å². The first-order valence-corrected chi connectivity index (χ1v) is 8.26. The van der Waals surface area contributed by atoms with Gasteiger partial charge in [0.1, 0.15) is 0 Å². The third-order valence-corrected chi connectivity index (χ3v) is 3.76. The number of carbonyl (C=O) groups is 4. The van der Waals surface area contributed by atoms with Crippen LogP contribution in [-0.2, 0) is 19.1 Å². The molecule has 0 unspecified atom stereocenters. The molecule has 0 aliphatic carbocycles. The van der Waals surface area contributed by atoms with E-state index in [9.17, 15) is 19.2 Å². The Kier molecular flexibility index (Phi) is 7.16. The molecule has 0 heterocycles. The molecule has 2 aromatic rings. The number of carbonyl (C=O) groups excluding carboxylic acids is 4. The lowest BCUT2D eigenvalue weighted by Gasteiger charge is -1.99. The number of rotatable bonds is 7. The van der Waals surface area contributed by atoms with Crippen LogP contribution in [-0.4, -0.2) is 37.7 Å². The minimum absolute atomic E-state index is 0.392. The van der Waals surface area contributed by atoms with E-state index in [-0.39, 0.29) is 0 Å². The normalized spacial score (nSPS) is 10.8.